The van der Waals surface area contributed by atoms with Gasteiger partial charge in [0.25, 0.3) is 5.91 Å². The van der Waals surface area contributed by atoms with Crippen LogP contribution in [0, 0.1) is 24.4 Å². The van der Waals surface area contributed by atoms with Gasteiger partial charge in [-0.05, 0) is 68.2 Å². The normalized spacial score (nSPS) is 22.9. The van der Waals surface area contributed by atoms with Gasteiger partial charge in [0.05, 0.1) is 36.9 Å². The van der Waals surface area contributed by atoms with Crippen molar-refractivity contribution in [3.63, 3.8) is 0 Å². The molecular weight excluding hydrogens is 459 g/mol. The smallest absolute Gasteiger partial charge is 0.289 e. The number of aryl methyl sites for hydroxylation is 1. The minimum atomic E-state index is -1.52. The van der Waals surface area contributed by atoms with Crippen LogP contribution in [0.2, 0.25) is 0 Å². The number of hydrogen-bond donors (Lipinski definition) is 0. The summed E-state index contributed by atoms with van der Waals surface area (Å²) >= 11 is 0. The number of amides is 1. The van der Waals surface area contributed by atoms with Gasteiger partial charge in [-0.3, -0.25) is 4.79 Å². The summed E-state index contributed by atoms with van der Waals surface area (Å²) in [7, 11) is 1.56. The lowest BCUT2D eigenvalue weighted by atomic mass is 10.0. The predicted octanol–water partition coefficient (Wildman–Crippen LogP) is 5.10. The number of imidazole rings is 1. The minimum Gasteiger partial charge on any atom is -0.495 e. The van der Waals surface area contributed by atoms with Crippen molar-refractivity contribution in [2.75, 3.05) is 7.11 Å². The first-order valence-electron chi connectivity index (χ1n) is 11.3. The highest BCUT2D eigenvalue weighted by Crippen LogP contribution is 2.43. The van der Waals surface area contributed by atoms with Gasteiger partial charge < -0.3 is 18.9 Å². The Morgan fingerprint density at radius 3 is 2.54 bits per heavy atom. The maximum absolute atomic E-state index is 13.9. The number of halogens is 3. The third kappa shape index (κ3) is 4.05. The van der Waals surface area contributed by atoms with E-state index in [1.807, 2.05) is 36.7 Å². The van der Waals surface area contributed by atoms with Gasteiger partial charge in [0.1, 0.15) is 11.9 Å². The summed E-state index contributed by atoms with van der Waals surface area (Å²) in [5.41, 5.74) is 2.57. The second-order valence-corrected chi connectivity index (χ2v) is 8.86. The molecule has 0 N–H and O–H groups in total. The van der Waals surface area contributed by atoms with Crippen LogP contribution in [0.3, 0.4) is 0 Å². The Kier molecular flexibility index (Phi) is 5.78. The molecule has 0 aliphatic carbocycles. The van der Waals surface area contributed by atoms with Crippen LogP contribution >= 0.6 is 0 Å². The second-order valence-electron chi connectivity index (χ2n) is 8.86. The summed E-state index contributed by atoms with van der Waals surface area (Å²) in [6.45, 7) is 3.75. The summed E-state index contributed by atoms with van der Waals surface area (Å²) in [6.07, 6.45) is 5.97. The maximum atomic E-state index is 13.9. The van der Waals surface area contributed by atoms with E-state index in [2.05, 4.69) is 4.98 Å². The second kappa shape index (κ2) is 8.79. The summed E-state index contributed by atoms with van der Waals surface area (Å²) in [5.74, 6) is -3.73. The Labute approximate surface area is 200 Å². The van der Waals surface area contributed by atoms with E-state index < -0.39 is 23.5 Å². The van der Waals surface area contributed by atoms with E-state index in [9.17, 15) is 18.0 Å². The van der Waals surface area contributed by atoms with Crippen LogP contribution in [0.25, 0.3) is 11.8 Å². The van der Waals surface area contributed by atoms with Crippen LogP contribution < -0.4 is 4.74 Å². The van der Waals surface area contributed by atoms with Crippen molar-refractivity contribution in [3.8, 4) is 11.4 Å². The molecule has 3 heterocycles. The number of aromatic nitrogens is 2. The average Bonchev–Trinajstić information content (AvgIpc) is 3.47. The molecule has 182 valence electrons. The van der Waals surface area contributed by atoms with Crippen LogP contribution in [0.4, 0.5) is 13.2 Å². The van der Waals surface area contributed by atoms with Gasteiger partial charge in [0.2, 0.25) is 0 Å². The molecule has 3 atom stereocenters. The fraction of sp³-hybridized carbons (Fsp3) is 0.308. The zero-order chi connectivity index (χ0) is 24.9. The van der Waals surface area contributed by atoms with Crippen molar-refractivity contribution < 1.29 is 27.4 Å². The topological polar surface area (TPSA) is 56.6 Å². The first kappa shape index (κ1) is 23.0. The van der Waals surface area contributed by atoms with Crippen molar-refractivity contribution in [3.05, 3.63) is 82.9 Å². The molecule has 1 aromatic heterocycles. The van der Waals surface area contributed by atoms with E-state index in [1.165, 1.54) is 0 Å². The minimum absolute atomic E-state index is 0.122. The van der Waals surface area contributed by atoms with E-state index in [0.717, 1.165) is 23.5 Å². The summed E-state index contributed by atoms with van der Waals surface area (Å²) < 4.78 is 54.7. The number of benzene rings is 2. The lowest BCUT2D eigenvalue weighted by Crippen LogP contribution is -2.49. The highest BCUT2D eigenvalue weighted by Gasteiger charge is 2.46. The molecule has 2 aliphatic rings. The zero-order valence-corrected chi connectivity index (χ0v) is 19.5. The number of methoxy groups -OCH3 is 1. The Morgan fingerprint density at radius 2 is 1.89 bits per heavy atom. The quantitative estimate of drug-likeness (QED) is 0.383. The fourth-order valence-corrected chi connectivity index (χ4v) is 4.94. The SMILES string of the molecule is COc1cc(/C=C2\O[C@H](C)C3CCC(c4cc(F)c(F)c(F)c4)N3C2=O)ccc1-n1cnc(C)c1. The number of carbonyl (C=O) groups is 1. The molecule has 0 radical (unpaired) electrons. The Balaban J connectivity index is 1.48. The number of hydrogen-bond acceptors (Lipinski definition) is 4. The molecule has 0 spiro atoms. The maximum Gasteiger partial charge on any atom is 0.289 e. The van der Waals surface area contributed by atoms with Crippen LogP contribution in [0.5, 0.6) is 5.75 Å². The zero-order valence-electron chi connectivity index (χ0n) is 19.5. The molecule has 2 fully saturated rings. The highest BCUT2D eigenvalue weighted by molar-refractivity contribution is 5.97. The summed E-state index contributed by atoms with van der Waals surface area (Å²) in [5, 5.41) is 0. The molecule has 35 heavy (non-hydrogen) atoms. The molecule has 2 saturated heterocycles. The third-order valence-corrected chi connectivity index (χ3v) is 6.61. The van der Waals surface area contributed by atoms with Gasteiger partial charge in [-0.15, -0.1) is 0 Å². The lowest BCUT2D eigenvalue weighted by Gasteiger charge is -2.39. The van der Waals surface area contributed by atoms with E-state index in [1.54, 1.807) is 30.5 Å². The monoisotopic (exact) mass is 483 g/mol. The number of morpholine rings is 1. The van der Waals surface area contributed by atoms with E-state index in [0.29, 0.717) is 24.2 Å². The Morgan fingerprint density at radius 1 is 1.14 bits per heavy atom. The molecule has 0 bridgehead atoms. The molecule has 1 amide bonds. The average molecular weight is 483 g/mol. The van der Waals surface area contributed by atoms with Gasteiger partial charge in [0, 0.05) is 6.20 Å². The molecular formula is C26H24F3N3O3. The van der Waals surface area contributed by atoms with Crippen molar-refractivity contribution in [1.29, 1.82) is 0 Å². The molecule has 2 unspecified atom stereocenters. The van der Waals surface area contributed by atoms with Gasteiger partial charge in [-0.2, -0.15) is 0 Å². The number of nitrogens with zero attached hydrogens (tertiary/aromatic N) is 3. The highest BCUT2D eigenvalue weighted by atomic mass is 19.2. The van der Waals surface area contributed by atoms with Crippen molar-refractivity contribution in [2.45, 2.75) is 44.9 Å². The van der Waals surface area contributed by atoms with Crippen molar-refractivity contribution >= 4 is 12.0 Å². The van der Waals surface area contributed by atoms with Gasteiger partial charge in [-0.1, -0.05) is 6.07 Å². The number of carbonyl (C=O) groups excluding carboxylic acids is 1. The molecule has 6 nitrogen and oxygen atoms in total. The molecule has 2 aliphatic heterocycles. The van der Waals surface area contributed by atoms with E-state index in [-0.39, 0.29) is 29.4 Å². The number of ether oxygens (including phenoxy) is 2. The molecule has 3 aromatic rings. The largest absolute Gasteiger partial charge is 0.495 e. The Hall–Kier alpha value is -3.75. The molecule has 9 heteroatoms. The Bertz CT molecular complexity index is 1310. The third-order valence-electron chi connectivity index (χ3n) is 6.61. The van der Waals surface area contributed by atoms with Gasteiger partial charge >= 0.3 is 0 Å². The van der Waals surface area contributed by atoms with Crippen LogP contribution in [0.1, 0.15) is 42.6 Å². The van der Waals surface area contributed by atoms with Gasteiger partial charge in [-0.25, -0.2) is 18.2 Å². The molecule has 0 saturated carbocycles. The molecule has 2 aromatic carbocycles. The lowest BCUT2D eigenvalue weighted by molar-refractivity contribution is -0.144. The summed E-state index contributed by atoms with van der Waals surface area (Å²) in [6, 6.07) is 6.58. The number of fused-ring (bicyclic) bond motifs is 1. The van der Waals surface area contributed by atoms with Crippen molar-refractivity contribution in [1.82, 2.24) is 14.5 Å². The van der Waals surface area contributed by atoms with E-state index in [4.69, 9.17) is 9.47 Å². The first-order valence-corrected chi connectivity index (χ1v) is 11.3. The van der Waals surface area contributed by atoms with Gasteiger partial charge in [0.15, 0.2) is 23.2 Å². The predicted molar refractivity (Wildman–Crippen MR) is 122 cm³/mol. The number of rotatable bonds is 4. The first-order chi connectivity index (χ1) is 16.8. The molecule has 5 rings (SSSR count). The van der Waals surface area contributed by atoms with Crippen LogP contribution in [0.15, 0.2) is 48.6 Å². The standard InChI is InChI=1S/C26H24F3N3O3/c1-14-12-31(13-30-14)22-5-4-16(8-23(22)34-3)9-24-26(33)32-20(15(2)35-24)6-7-21(32)17-10-18(27)25(29)19(28)11-17/h4-5,8-13,15,20-21H,6-7H2,1-3H3/b24-9-/t15-,20?,21?/m1/s1. The fourth-order valence-electron chi connectivity index (χ4n) is 4.94. The van der Waals surface area contributed by atoms with Crippen molar-refractivity contribution in [2.24, 2.45) is 0 Å². The van der Waals surface area contributed by atoms with Crippen LogP contribution in [-0.2, 0) is 9.53 Å². The summed E-state index contributed by atoms with van der Waals surface area (Å²) in [4.78, 5) is 19.3. The van der Waals surface area contributed by atoms with E-state index >= 15 is 0 Å². The van der Waals surface area contributed by atoms with Crippen LogP contribution in [-0.4, -0.2) is 39.6 Å².